The molecule has 1 aliphatic rings. The molecule has 0 unspecified atom stereocenters. The normalized spacial score (nSPS) is 25.6. The number of aliphatic hydroxyl groups excluding tert-OH is 1. The molecule has 5 atom stereocenters. The number of ether oxygens (including phenoxy) is 3. The van der Waals surface area contributed by atoms with Gasteiger partial charge in [-0.05, 0) is 17.7 Å². The van der Waals surface area contributed by atoms with Gasteiger partial charge in [-0.2, -0.15) is 0 Å². The fourth-order valence-corrected chi connectivity index (χ4v) is 3.34. The van der Waals surface area contributed by atoms with E-state index >= 15 is 0 Å². The largest absolute Gasteiger partial charge is 0.453 e. The first-order valence-corrected chi connectivity index (χ1v) is 9.78. The minimum Gasteiger partial charge on any atom is -0.453 e. The molecule has 0 aliphatic carbocycles. The van der Waals surface area contributed by atoms with Crippen LogP contribution in [-0.4, -0.2) is 59.5 Å². The average molecular weight is 431 g/mol. The molecule has 9 nitrogen and oxygen atoms in total. The van der Waals surface area contributed by atoms with Crippen LogP contribution in [0, 0.1) is 0 Å². The standard InChI is InChI=1S/C22H25NO8/c1-14(24)23-18-20(30-21(25)16-10-6-3-7-11-16)19(31-27)17(29-22(18)26)13-28-12-15-8-4-2-5-9-15/h2-11,17-20,22,26-27H,12-13H2,1H3,(H,23,24)/t17-,18-,19-,20-,22-/m1/s1. The predicted octanol–water partition coefficient (Wildman–Crippen LogP) is 1.51. The highest BCUT2D eigenvalue weighted by atomic mass is 17.1. The summed E-state index contributed by atoms with van der Waals surface area (Å²) in [7, 11) is 0. The molecule has 2 aromatic rings. The molecule has 1 amide bonds. The first-order chi connectivity index (χ1) is 15.0. The predicted molar refractivity (Wildman–Crippen MR) is 108 cm³/mol. The molecule has 0 radical (unpaired) electrons. The Bertz CT molecular complexity index is 847. The molecule has 31 heavy (non-hydrogen) atoms. The number of aliphatic hydroxyl groups is 1. The molecule has 9 heteroatoms. The van der Waals surface area contributed by atoms with Crippen LogP contribution in [0.25, 0.3) is 0 Å². The van der Waals surface area contributed by atoms with E-state index < -0.39 is 42.5 Å². The Morgan fingerprint density at radius 2 is 1.68 bits per heavy atom. The third kappa shape index (κ3) is 6.09. The number of rotatable bonds is 8. The van der Waals surface area contributed by atoms with E-state index in [1.54, 1.807) is 30.3 Å². The number of nitrogens with one attached hydrogen (secondary N) is 1. The van der Waals surface area contributed by atoms with Gasteiger partial charge in [0, 0.05) is 6.92 Å². The molecular weight excluding hydrogens is 406 g/mol. The molecule has 1 heterocycles. The SMILES string of the molecule is CC(=O)N[C@@H]1[C@@H](OC(=O)c2ccccc2)[C@H](OO)[C@@H](COCc2ccccc2)O[C@H]1O. The molecule has 1 fully saturated rings. The second-order valence-electron chi connectivity index (χ2n) is 7.10. The summed E-state index contributed by atoms with van der Waals surface area (Å²) in [4.78, 5) is 28.8. The Labute approximate surface area is 179 Å². The van der Waals surface area contributed by atoms with Gasteiger partial charge < -0.3 is 24.6 Å². The second kappa shape index (κ2) is 11.0. The summed E-state index contributed by atoms with van der Waals surface area (Å²) in [5.74, 6) is -1.19. The topological polar surface area (TPSA) is 124 Å². The zero-order valence-electron chi connectivity index (χ0n) is 16.9. The van der Waals surface area contributed by atoms with Crippen LogP contribution in [0.3, 0.4) is 0 Å². The Hall–Kier alpha value is -2.82. The summed E-state index contributed by atoms with van der Waals surface area (Å²) in [5, 5.41) is 22.5. The number of carbonyl (C=O) groups excluding carboxylic acids is 2. The summed E-state index contributed by atoms with van der Waals surface area (Å²) in [6, 6.07) is 16.4. The van der Waals surface area contributed by atoms with Crippen molar-refractivity contribution in [1.82, 2.24) is 5.32 Å². The van der Waals surface area contributed by atoms with E-state index in [4.69, 9.17) is 14.2 Å². The Morgan fingerprint density at radius 1 is 1.03 bits per heavy atom. The van der Waals surface area contributed by atoms with Crippen LogP contribution >= 0.6 is 0 Å². The molecule has 2 aromatic carbocycles. The highest BCUT2D eigenvalue weighted by Gasteiger charge is 2.49. The summed E-state index contributed by atoms with van der Waals surface area (Å²) < 4.78 is 16.7. The number of hydrogen-bond donors (Lipinski definition) is 3. The molecule has 0 saturated carbocycles. The molecule has 3 N–H and O–H groups in total. The minimum absolute atomic E-state index is 0.0661. The van der Waals surface area contributed by atoms with E-state index in [0.29, 0.717) is 0 Å². The van der Waals surface area contributed by atoms with Crippen molar-refractivity contribution in [2.75, 3.05) is 6.61 Å². The van der Waals surface area contributed by atoms with Gasteiger partial charge in [0.25, 0.3) is 0 Å². The van der Waals surface area contributed by atoms with Crippen LogP contribution in [0.2, 0.25) is 0 Å². The van der Waals surface area contributed by atoms with Gasteiger partial charge >= 0.3 is 5.97 Å². The Balaban J connectivity index is 1.74. The molecule has 166 valence electrons. The number of esters is 1. The molecule has 0 bridgehead atoms. The maximum absolute atomic E-state index is 12.6. The lowest BCUT2D eigenvalue weighted by atomic mass is 9.96. The van der Waals surface area contributed by atoms with Gasteiger partial charge in [0.1, 0.15) is 12.1 Å². The summed E-state index contributed by atoms with van der Waals surface area (Å²) >= 11 is 0. The van der Waals surface area contributed by atoms with E-state index in [1.165, 1.54) is 6.92 Å². The van der Waals surface area contributed by atoms with Crippen molar-refractivity contribution in [2.45, 2.75) is 44.2 Å². The maximum Gasteiger partial charge on any atom is 0.338 e. The van der Waals surface area contributed by atoms with Crippen molar-refractivity contribution in [3.8, 4) is 0 Å². The Kier molecular flexibility index (Phi) is 8.10. The second-order valence-corrected chi connectivity index (χ2v) is 7.10. The lowest BCUT2D eigenvalue weighted by molar-refractivity contribution is -0.357. The molecule has 0 spiro atoms. The number of hydrogen-bond acceptors (Lipinski definition) is 8. The number of carbonyl (C=O) groups is 2. The lowest BCUT2D eigenvalue weighted by Crippen LogP contribution is -2.65. The van der Waals surface area contributed by atoms with Gasteiger partial charge in [0.2, 0.25) is 5.91 Å². The van der Waals surface area contributed by atoms with Crippen molar-refractivity contribution < 1.29 is 39.1 Å². The highest BCUT2D eigenvalue weighted by molar-refractivity contribution is 5.89. The summed E-state index contributed by atoms with van der Waals surface area (Å²) in [6.07, 6.45) is -4.95. The van der Waals surface area contributed by atoms with Crippen molar-refractivity contribution in [3.63, 3.8) is 0 Å². The maximum atomic E-state index is 12.6. The number of amides is 1. The van der Waals surface area contributed by atoms with E-state index in [-0.39, 0.29) is 18.8 Å². The van der Waals surface area contributed by atoms with Crippen LogP contribution in [0.15, 0.2) is 60.7 Å². The van der Waals surface area contributed by atoms with Crippen molar-refractivity contribution in [3.05, 3.63) is 71.8 Å². The van der Waals surface area contributed by atoms with Crippen molar-refractivity contribution in [1.29, 1.82) is 0 Å². The van der Waals surface area contributed by atoms with Crippen molar-refractivity contribution >= 4 is 11.9 Å². The summed E-state index contributed by atoms with van der Waals surface area (Å²) in [5.41, 5.74) is 1.18. The van der Waals surface area contributed by atoms with E-state index in [0.717, 1.165) is 5.56 Å². The molecule has 1 aliphatic heterocycles. The molecule has 1 saturated heterocycles. The smallest absolute Gasteiger partial charge is 0.338 e. The molecule has 3 rings (SSSR count). The fraction of sp³-hybridized carbons (Fsp3) is 0.364. The number of benzene rings is 2. The van der Waals surface area contributed by atoms with Crippen LogP contribution in [0.1, 0.15) is 22.8 Å². The van der Waals surface area contributed by atoms with Crippen LogP contribution in [-0.2, 0) is 30.5 Å². The average Bonchev–Trinajstić information content (AvgIpc) is 2.77. The van der Waals surface area contributed by atoms with Crippen molar-refractivity contribution in [2.24, 2.45) is 0 Å². The minimum atomic E-state index is -1.52. The van der Waals surface area contributed by atoms with Crippen LogP contribution in [0.5, 0.6) is 0 Å². The van der Waals surface area contributed by atoms with E-state index in [9.17, 15) is 20.0 Å². The third-order valence-electron chi connectivity index (χ3n) is 4.80. The first-order valence-electron chi connectivity index (χ1n) is 9.78. The third-order valence-corrected chi connectivity index (χ3v) is 4.80. The lowest BCUT2D eigenvalue weighted by Gasteiger charge is -2.42. The zero-order chi connectivity index (χ0) is 22.2. The van der Waals surface area contributed by atoms with Gasteiger partial charge in [-0.3, -0.25) is 10.1 Å². The first kappa shape index (κ1) is 22.9. The highest BCUT2D eigenvalue weighted by Crippen LogP contribution is 2.26. The molecule has 0 aromatic heterocycles. The van der Waals surface area contributed by atoms with E-state index in [1.807, 2.05) is 30.3 Å². The van der Waals surface area contributed by atoms with Crippen LogP contribution < -0.4 is 5.32 Å². The van der Waals surface area contributed by atoms with Gasteiger partial charge in [-0.25, -0.2) is 9.68 Å². The van der Waals surface area contributed by atoms with Gasteiger partial charge in [0.15, 0.2) is 18.5 Å². The zero-order valence-corrected chi connectivity index (χ0v) is 16.9. The van der Waals surface area contributed by atoms with Gasteiger partial charge in [-0.1, -0.05) is 48.5 Å². The monoisotopic (exact) mass is 431 g/mol. The molecular formula is C22H25NO8. The Morgan fingerprint density at radius 3 is 2.29 bits per heavy atom. The van der Waals surface area contributed by atoms with Gasteiger partial charge in [-0.15, -0.1) is 0 Å². The van der Waals surface area contributed by atoms with Gasteiger partial charge in [0.05, 0.1) is 18.8 Å². The fourth-order valence-electron chi connectivity index (χ4n) is 3.34. The summed E-state index contributed by atoms with van der Waals surface area (Å²) in [6.45, 7) is 1.44. The van der Waals surface area contributed by atoms with E-state index in [2.05, 4.69) is 10.2 Å². The quantitative estimate of drug-likeness (QED) is 0.327. The van der Waals surface area contributed by atoms with Crippen LogP contribution in [0.4, 0.5) is 0 Å².